The quantitative estimate of drug-likeness (QED) is 0.315. The molecule has 0 bridgehead atoms. The molecule has 2 aromatic carbocycles. The van der Waals surface area contributed by atoms with E-state index >= 15 is 0 Å². The first kappa shape index (κ1) is 28.4. The summed E-state index contributed by atoms with van der Waals surface area (Å²) >= 11 is 1.14. The number of hydrogen-bond acceptors (Lipinski definition) is 8. The average Bonchev–Trinajstić information content (AvgIpc) is 3.27. The maximum atomic E-state index is 13.7. The van der Waals surface area contributed by atoms with E-state index in [9.17, 15) is 26.8 Å². The van der Waals surface area contributed by atoms with E-state index in [1.54, 1.807) is 29.6 Å². The third kappa shape index (κ3) is 7.94. The van der Waals surface area contributed by atoms with E-state index in [1.165, 1.54) is 19.2 Å². The molecule has 14 heteroatoms. The summed E-state index contributed by atoms with van der Waals surface area (Å²) in [6.45, 7) is 0. The summed E-state index contributed by atoms with van der Waals surface area (Å²) in [5.41, 5.74) is 1.71. The highest BCUT2D eigenvalue weighted by molar-refractivity contribution is 7.84. The van der Waals surface area contributed by atoms with Crippen LogP contribution in [0.4, 0.5) is 13.6 Å². The molecule has 0 aliphatic heterocycles. The van der Waals surface area contributed by atoms with Crippen LogP contribution in [0.5, 0.6) is 5.75 Å². The number of rotatable bonds is 11. The Kier molecular flexibility index (Phi) is 8.47. The highest BCUT2D eigenvalue weighted by Crippen LogP contribution is 2.55. The first-order chi connectivity index (χ1) is 18.4. The van der Waals surface area contributed by atoms with Gasteiger partial charge in [0.1, 0.15) is 16.8 Å². The Balaban J connectivity index is 1.57. The average molecular weight is 581 g/mol. The minimum absolute atomic E-state index is 0.000427. The van der Waals surface area contributed by atoms with Gasteiger partial charge in [-0.05, 0) is 29.7 Å². The first-order valence-corrected chi connectivity index (χ1v) is 14.1. The zero-order chi connectivity index (χ0) is 28.2. The summed E-state index contributed by atoms with van der Waals surface area (Å²) in [7, 11) is -3.02. The van der Waals surface area contributed by atoms with Crippen LogP contribution in [0, 0.1) is 0 Å². The van der Waals surface area contributed by atoms with Crippen LogP contribution in [-0.4, -0.2) is 44.5 Å². The molecule has 1 heterocycles. The van der Waals surface area contributed by atoms with Crippen molar-refractivity contribution >= 4 is 33.6 Å². The molecule has 0 saturated heterocycles. The summed E-state index contributed by atoms with van der Waals surface area (Å²) < 4.78 is 59.0. The molecule has 1 aliphatic rings. The zero-order valence-corrected chi connectivity index (χ0v) is 22.3. The number of aromatic nitrogens is 1. The normalized spacial score (nSPS) is 17.5. The van der Waals surface area contributed by atoms with Crippen LogP contribution in [0.3, 0.4) is 0 Å². The van der Waals surface area contributed by atoms with Gasteiger partial charge < -0.3 is 19.6 Å². The van der Waals surface area contributed by atoms with Crippen molar-refractivity contribution in [3.05, 3.63) is 81.8 Å². The van der Waals surface area contributed by atoms with Gasteiger partial charge in [0.15, 0.2) is 0 Å². The predicted octanol–water partition coefficient (Wildman–Crippen LogP) is 3.22. The van der Waals surface area contributed by atoms with Crippen LogP contribution in [0.2, 0.25) is 0 Å². The minimum atomic E-state index is -4.20. The van der Waals surface area contributed by atoms with Crippen molar-refractivity contribution in [2.24, 2.45) is 5.14 Å². The summed E-state index contributed by atoms with van der Waals surface area (Å²) in [5, 5.41) is 12.3. The molecule has 3 atom stereocenters. The van der Waals surface area contributed by atoms with Gasteiger partial charge in [-0.1, -0.05) is 42.5 Å². The molecule has 0 spiro atoms. The summed E-state index contributed by atoms with van der Waals surface area (Å²) in [5.74, 6) is -4.29. The Morgan fingerprint density at radius 1 is 1.10 bits per heavy atom. The SMILES string of the molecule is COC(=O)NC(Cc1ccccc1)C(=O)NC(Cc1ccc(OS(N)(=O)=O)cc1)c1nc(C2CC2(F)F)cs1. The van der Waals surface area contributed by atoms with Crippen molar-refractivity contribution in [1.82, 2.24) is 15.6 Å². The Bertz CT molecular complexity index is 1420. The molecule has 4 rings (SSSR count). The number of carbonyl (C=O) groups excluding carboxylic acids is 2. The molecule has 3 unspecified atom stereocenters. The molecule has 39 heavy (non-hydrogen) atoms. The molecular formula is C25H26F2N4O6S2. The number of halogens is 2. The van der Waals surface area contributed by atoms with E-state index in [2.05, 4.69) is 24.5 Å². The predicted molar refractivity (Wildman–Crippen MR) is 139 cm³/mol. The molecule has 0 radical (unpaired) electrons. The number of ether oxygens (including phenoxy) is 1. The van der Waals surface area contributed by atoms with Crippen molar-refractivity contribution in [2.75, 3.05) is 7.11 Å². The number of amides is 2. The van der Waals surface area contributed by atoms with Crippen LogP contribution >= 0.6 is 11.3 Å². The number of nitrogens with two attached hydrogens (primary N) is 1. The van der Waals surface area contributed by atoms with E-state index in [1.807, 2.05) is 18.2 Å². The van der Waals surface area contributed by atoms with Gasteiger partial charge in [-0.15, -0.1) is 11.3 Å². The van der Waals surface area contributed by atoms with Crippen molar-refractivity contribution < 1.29 is 35.7 Å². The molecule has 208 valence electrons. The largest absolute Gasteiger partial charge is 0.453 e. The van der Waals surface area contributed by atoms with E-state index in [0.29, 0.717) is 10.6 Å². The number of benzene rings is 2. The molecule has 1 aromatic heterocycles. The fraction of sp³-hybridized carbons (Fsp3) is 0.320. The topological polar surface area (TPSA) is 150 Å². The van der Waals surface area contributed by atoms with Crippen LogP contribution in [0.15, 0.2) is 60.0 Å². The van der Waals surface area contributed by atoms with Gasteiger partial charge in [0.05, 0.1) is 24.8 Å². The van der Waals surface area contributed by atoms with Gasteiger partial charge in [0.2, 0.25) is 5.91 Å². The number of nitrogens with zero attached hydrogens (tertiary/aromatic N) is 1. The highest BCUT2D eigenvalue weighted by atomic mass is 32.2. The molecule has 3 aromatic rings. The molecule has 1 saturated carbocycles. The summed E-state index contributed by atoms with van der Waals surface area (Å²) in [4.78, 5) is 29.8. The molecular weight excluding hydrogens is 554 g/mol. The first-order valence-electron chi connectivity index (χ1n) is 11.8. The third-order valence-electron chi connectivity index (χ3n) is 5.99. The summed E-state index contributed by atoms with van der Waals surface area (Å²) in [6.07, 6.45) is -0.710. The van der Waals surface area contributed by atoms with Gasteiger partial charge in [-0.2, -0.15) is 13.6 Å². The van der Waals surface area contributed by atoms with Crippen molar-refractivity contribution in [3.8, 4) is 5.75 Å². The molecule has 1 aliphatic carbocycles. The van der Waals surface area contributed by atoms with E-state index in [0.717, 1.165) is 16.9 Å². The smallest absolute Gasteiger partial charge is 0.407 e. The highest BCUT2D eigenvalue weighted by Gasteiger charge is 2.58. The standard InChI is InChI=1S/C25H26F2N4O6S2/c1-36-24(33)31-19(11-15-5-3-2-4-6-15)22(32)29-20(23-30-21(14-38-23)18-13-25(18,26)27)12-16-7-9-17(10-8-16)37-39(28,34)35/h2-10,14,18-20H,11-13H2,1H3,(H,29,32)(H,31,33)(H2,28,34,35). The Labute approximate surface area is 227 Å². The van der Waals surface area contributed by atoms with Crippen LogP contribution in [0.1, 0.15) is 40.2 Å². The minimum Gasteiger partial charge on any atom is -0.453 e. The molecule has 4 N–H and O–H groups in total. The maximum absolute atomic E-state index is 13.7. The summed E-state index contributed by atoms with van der Waals surface area (Å²) in [6, 6.07) is 13.3. The van der Waals surface area contributed by atoms with Gasteiger partial charge in [-0.3, -0.25) is 4.79 Å². The fourth-order valence-corrected chi connectivity index (χ4v) is 5.24. The van der Waals surface area contributed by atoms with Crippen LogP contribution in [-0.2, 0) is 32.7 Å². The number of hydrogen-bond donors (Lipinski definition) is 3. The second-order valence-corrected chi connectivity index (χ2v) is 11.0. The molecule has 2 amide bonds. The lowest BCUT2D eigenvalue weighted by molar-refractivity contribution is -0.123. The van der Waals surface area contributed by atoms with Gasteiger partial charge in [-0.25, -0.2) is 18.6 Å². The lowest BCUT2D eigenvalue weighted by Crippen LogP contribution is -2.49. The van der Waals surface area contributed by atoms with E-state index in [4.69, 9.17) is 5.14 Å². The molecule has 1 fully saturated rings. The van der Waals surface area contributed by atoms with Crippen molar-refractivity contribution in [2.45, 2.75) is 43.2 Å². The number of thiazole rings is 1. The van der Waals surface area contributed by atoms with Gasteiger partial charge in [0.25, 0.3) is 5.92 Å². The van der Waals surface area contributed by atoms with E-state index in [-0.39, 0.29) is 30.7 Å². The fourth-order valence-electron chi connectivity index (χ4n) is 3.94. The molecule has 10 nitrogen and oxygen atoms in total. The number of alkyl halides is 2. The van der Waals surface area contributed by atoms with Gasteiger partial charge in [0, 0.05) is 18.2 Å². The van der Waals surface area contributed by atoms with E-state index < -0.39 is 46.2 Å². The second kappa shape index (κ2) is 11.6. The Morgan fingerprint density at radius 3 is 2.33 bits per heavy atom. The lowest BCUT2D eigenvalue weighted by Gasteiger charge is -2.22. The Morgan fingerprint density at radius 2 is 1.74 bits per heavy atom. The van der Waals surface area contributed by atoms with Crippen LogP contribution < -0.4 is 20.0 Å². The second-order valence-electron chi connectivity index (χ2n) is 8.99. The van der Waals surface area contributed by atoms with Crippen molar-refractivity contribution in [3.63, 3.8) is 0 Å². The van der Waals surface area contributed by atoms with Gasteiger partial charge >= 0.3 is 16.4 Å². The zero-order valence-electron chi connectivity index (χ0n) is 20.7. The lowest BCUT2D eigenvalue weighted by atomic mass is 10.0. The number of methoxy groups -OCH3 is 1. The number of nitrogens with one attached hydrogen (secondary N) is 2. The Hall–Kier alpha value is -3.62. The van der Waals surface area contributed by atoms with Crippen LogP contribution in [0.25, 0.3) is 0 Å². The third-order valence-corrected chi connectivity index (χ3v) is 7.39. The monoisotopic (exact) mass is 580 g/mol. The van der Waals surface area contributed by atoms with Crippen molar-refractivity contribution in [1.29, 1.82) is 0 Å². The maximum Gasteiger partial charge on any atom is 0.407 e. The number of alkyl carbamates (subject to hydrolysis) is 1. The number of carbonyl (C=O) groups is 2.